The molecule has 4 nitrogen and oxygen atoms in total. The lowest BCUT2D eigenvalue weighted by Gasteiger charge is -2.03. The molecule has 5 heteroatoms. The molecule has 0 radical (unpaired) electrons. The number of pyridine rings is 1. The molecule has 0 N–H and O–H groups in total. The molecule has 16 heavy (non-hydrogen) atoms. The lowest BCUT2D eigenvalue weighted by molar-refractivity contribution is -0.143. The Morgan fingerprint density at radius 3 is 3.19 bits per heavy atom. The van der Waals surface area contributed by atoms with Crippen LogP contribution in [0.1, 0.15) is 12.6 Å². The molecule has 1 aromatic heterocycles. The molecular weight excluding hydrogens is 224 g/mol. The molecule has 0 amide bonds. The predicted octanol–water partition coefficient (Wildman–Crippen LogP) is 1.51. The van der Waals surface area contributed by atoms with E-state index in [9.17, 15) is 4.79 Å². The van der Waals surface area contributed by atoms with E-state index in [1.54, 1.807) is 24.9 Å². The minimum absolute atomic E-state index is 0.249. The number of aliphatic imine (C=N–C) groups is 1. The number of hydrogen-bond donors (Lipinski definition) is 0. The third-order valence-electron chi connectivity index (χ3n) is 2.09. The van der Waals surface area contributed by atoms with Crippen molar-refractivity contribution in [3.05, 3.63) is 30.1 Å². The largest absolute Gasteiger partial charge is 0.464 e. The third-order valence-corrected chi connectivity index (χ3v) is 3.16. The van der Waals surface area contributed by atoms with E-state index in [2.05, 4.69) is 9.98 Å². The maximum Gasteiger partial charge on any atom is 0.331 e. The summed E-state index contributed by atoms with van der Waals surface area (Å²) < 4.78 is 4.93. The number of rotatable bonds is 3. The second-order valence-corrected chi connectivity index (χ2v) is 4.24. The summed E-state index contributed by atoms with van der Waals surface area (Å²) in [4.78, 5) is 20.0. The van der Waals surface area contributed by atoms with Gasteiger partial charge in [-0.05, 0) is 19.1 Å². The topological polar surface area (TPSA) is 51.5 Å². The van der Waals surface area contributed by atoms with Crippen molar-refractivity contribution in [1.29, 1.82) is 0 Å². The van der Waals surface area contributed by atoms with Crippen LogP contribution in [-0.2, 0) is 9.53 Å². The summed E-state index contributed by atoms with van der Waals surface area (Å²) in [5, 5.41) is 0.818. The van der Waals surface area contributed by atoms with E-state index in [1.807, 2.05) is 18.2 Å². The number of thioether (sulfide) groups is 1. The van der Waals surface area contributed by atoms with Gasteiger partial charge in [0.2, 0.25) is 0 Å². The Labute approximate surface area is 98.1 Å². The molecule has 1 aromatic rings. The first-order chi connectivity index (χ1) is 7.81. The fraction of sp³-hybridized carbons (Fsp3) is 0.364. The maximum atomic E-state index is 11.5. The Balaban J connectivity index is 2.09. The first-order valence-electron chi connectivity index (χ1n) is 5.10. The van der Waals surface area contributed by atoms with Crippen molar-refractivity contribution in [3.63, 3.8) is 0 Å². The van der Waals surface area contributed by atoms with Gasteiger partial charge in [-0.2, -0.15) is 0 Å². The molecular formula is C11H12N2O2S. The van der Waals surface area contributed by atoms with Crippen molar-refractivity contribution in [2.24, 2.45) is 4.99 Å². The van der Waals surface area contributed by atoms with Crippen LogP contribution in [0.4, 0.5) is 0 Å². The van der Waals surface area contributed by atoms with Crippen LogP contribution >= 0.6 is 11.8 Å². The Kier molecular flexibility index (Phi) is 3.56. The molecule has 0 saturated carbocycles. The van der Waals surface area contributed by atoms with Gasteiger partial charge in [-0.1, -0.05) is 6.07 Å². The van der Waals surface area contributed by atoms with Gasteiger partial charge in [0, 0.05) is 11.9 Å². The molecule has 0 saturated heterocycles. The van der Waals surface area contributed by atoms with Gasteiger partial charge in [-0.15, -0.1) is 11.8 Å². The predicted molar refractivity (Wildman–Crippen MR) is 63.7 cm³/mol. The molecule has 1 atom stereocenters. The second-order valence-electron chi connectivity index (χ2n) is 3.23. The molecule has 0 fully saturated rings. The van der Waals surface area contributed by atoms with E-state index in [4.69, 9.17) is 4.74 Å². The summed E-state index contributed by atoms with van der Waals surface area (Å²) in [5.41, 5.74) is 0.819. The minimum Gasteiger partial charge on any atom is -0.464 e. The summed E-state index contributed by atoms with van der Waals surface area (Å²) in [6.45, 7) is 2.19. The van der Waals surface area contributed by atoms with Gasteiger partial charge < -0.3 is 4.74 Å². The summed E-state index contributed by atoms with van der Waals surface area (Å²) in [6.07, 6.45) is 1.72. The summed E-state index contributed by atoms with van der Waals surface area (Å²) in [6, 6.07) is 5.27. The van der Waals surface area contributed by atoms with E-state index in [0.29, 0.717) is 12.4 Å². The first kappa shape index (κ1) is 11.1. The number of hydrogen-bond acceptors (Lipinski definition) is 5. The van der Waals surface area contributed by atoms with Crippen molar-refractivity contribution in [2.45, 2.75) is 13.0 Å². The summed E-state index contributed by atoms with van der Waals surface area (Å²) in [7, 11) is 0. The molecule has 0 aromatic carbocycles. The fourth-order valence-electron chi connectivity index (χ4n) is 1.36. The standard InChI is InChI=1S/C11H12N2O2S/c1-2-15-11(14)9-7-16-10(13-9)8-5-3-4-6-12-8/h3-6,9H,2,7H2,1H3. The molecule has 0 spiro atoms. The zero-order valence-electron chi connectivity index (χ0n) is 8.92. The Morgan fingerprint density at radius 2 is 2.50 bits per heavy atom. The van der Waals surface area contributed by atoms with Gasteiger partial charge in [-0.25, -0.2) is 4.79 Å². The number of carbonyl (C=O) groups excluding carboxylic acids is 1. The zero-order valence-corrected chi connectivity index (χ0v) is 9.74. The van der Waals surface area contributed by atoms with E-state index in [-0.39, 0.29) is 12.0 Å². The van der Waals surface area contributed by atoms with E-state index >= 15 is 0 Å². The molecule has 84 valence electrons. The van der Waals surface area contributed by atoms with Crippen molar-refractivity contribution in [3.8, 4) is 0 Å². The van der Waals surface area contributed by atoms with Gasteiger partial charge in [0.25, 0.3) is 0 Å². The first-order valence-corrected chi connectivity index (χ1v) is 6.08. The third kappa shape index (κ3) is 2.41. The van der Waals surface area contributed by atoms with Gasteiger partial charge >= 0.3 is 5.97 Å². The molecule has 1 aliphatic heterocycles. The molecule has 1 unspecified atom stereocenters. The van der Waals surface area contributed by atoms with E-state index in [0.717, 1.165) is 10.7 Å². The molecule has 0 aliphatic carbocycles. The lowest BCUT2D eigenvalue weighted by Crippen LogP contribution is -2.21. The molecule has 2 rings (SSSR count). The summed E-state index contributed by atoms with van der Waals surface area (Å²) in [5.74, 6) is 0.394. The van der Waals surface area contributed by atoms with Gasteiger partial charge in [0.05, 0.1) is 12.3 Å². The highest BCUT2D eigenvalue weighted by Crippen LogP contribution is 2.22. The van der Waals surface area contributed by atoms with Crippen LogP contribution in [0.15, 0.2) is 29.4 Å². The SMILES string of the molecule is CCOC(=O)C1CSC(c2ccccn2)=N1. The van der Waals surface area contributed by atoms with Gasteiger partial charge in [0.1, 0.15) is 5.04 Å². The lowest BCUT2D eigenvalue weighted by atomic mass is 10.3. The van der Waals surface area contributed by atoms with E-state index in [1.165, 1.54) is 0 Å². The molecule has 1 aliphatic rings. The maximum absolute atomic E-state index is 11.5. The van der Waals surface area contributed by atoms with Crippen LogP contribution in [-0.4, -0.2) is 34.4 Å². The average Bonchev–Trinajstić information content (AvgIpc) is 2.80. The van der Waals surface area contributed by atoms with Crippen molar-refractivity contribution >= 4 is 22.8 Å². The minimum atomic E-state index is -0.373. The molecule has 0 bridgehead atoms. The van der Waals surface area contributed by atoms with Crippen molar-refractivity contribution < 1.29 is 9.53 Å². The normalized spacial score (nSPS) is 19.3. The smallest absolute Gasteiger partial charge is 0.331 e. The number of ether oxygens (including phenoxy) is 1. The number of esters is 1. The number of nitrogens with zero attached hydrogens (tertiary/aromatic N) is 2. The monoisotopic (exact) mass is 236 g/mol. The highest BCUT2D eigenvalue weighted by atomic mass is 32.2. The Bertz CT molecular complexity index is 406. The number of aromatic nitrogens is 1. The Hall–Kier alpha value is -1.36. The van der Waals surface area contributed by atoms with Crippen molar-refractivity contribution in [2.75, 3.05) is 12.4 Å². The fourth-order valence-corrected chi connectivity index (χ4v) is 2.36. The van der Waals surface area contributed by atoms with Crippen LogP contribution in [0.25, 0.3) is 0 Å². The highest BCUT2D eigenvalue weighted by molar-refractivity contribution is 8.14. The van der Waals surface area contributed by atoms with Crippen LogP contribution < -0.4 is 0 Å². The van der Waals surface area contributed by atoms with Crippen molar-refractivity contribution in [1.82, 2.24) is 4.98 Å². The molecule has 2 heterocycles. The van der Waals surface area contributed by atoms with Gasteiger partial charge in [-0.3, -0.25) is 9.98 Å². The van der Waals surface area contributed by atoms with Gasteiger partial charge in [0.15, 0.2) is 6.04 Å². The van der Waals surface area contributed by atoms with Crippen LogP contribution in [0.3, 0.4) is 0 Å². The number of carbonyl (C=O) groups is 1. The second kappa shape index (κ2) is 5.12. The quantitative estimate of drug-likeness (QED) is 0.746. The summed E-state index contributed by atoms with van der Waals surface area (Å²) >= 11 is 1.54. The van der Waals surface area contributed by atoms with Crippen LogP contribution in [0, 0.1) is 0 Å². The van der Waals surface area contributed by atoms with Crippen LogP contribution in [0.5, 0.6) is 0 Å². The van der Waals surface area contributed by atoms with E-state index < -0.39 is 0 Å². The van der Waals surface area contributed by atoms with Crippen LogP contribution in [0.2, 0.25) is 0 Å². The Morgan fingerprint density at radius 1 is 1.62 bits per heavy atom. The zero-order chi connectivity index (χ0) is 11.4. The average molecular weight is 236 g/mol. The highest BCUT2D eigenvalue weighted by Gasteiger charge is 2.27.